The van der Waals surface area contributed by atoms with Gasteiger partial charge in [-0.1, -0.05) is 37.3 Å². The van der Waals surface area contributed by atoms with Crippen molar-refractivity contribution in [3.05, 3.63) is 54.1 Å². The topological polar surface area (TPSA) is 55.8 Å². The number of phenolic OH excluding ortho intramolecular Hbond substituents is 1. The SMILES string of the molecule is CCC(=O)Oc1cc(O)cc(OCc2ccccc2)c1. The van der Waals surface area contributed by atoms with E-state index in [4.69, 9.17) is 9.47 Å². The molecule has 2 rings (SSSR count). The largest absolute Gasteiger partial charge is 0.508 e. The Morgan fingerprint density at radius 3 is 2.50 bits per heavy atom. The molecule has 0 atom stereocenters. The van der Waals surface area contributed by atoms with E-state index >= 15 is 0 Å². The van der Waals surface area contributed by atoms with E-state index < -0.39 is 0 Å². The van der Waals surface area contributed by atoms with E-state index in [-0.39, 0.29) is 23.9 Å². The van der Waals surface area contributed by atoms with Gasteiger partial charge in [0.2, 0.25) is 0 Å². The number of esters is 1. The zero-order valence-electron chi connectivity index (χ0n) is 11.2. The Bertz CT molecular complexity index is 578. The average Bonchev–Trinajstić information content (AvgIpc) is 2.45. The van der Waals surface area contributed by atoms with Crippen LogP contribution < -0.4 is 9.47 Å². The monoisotopic (exact) mass is 272 g/mol. The van der Waals surface area contributed by atoms with Crippen LogP contribution in [-0.2, 0) is 11.4 Å². The lowest BCUT2D eigenvalue weighted by Gasteiger charge is -2.09. The van der Waals surface area contributed by atoms with E-state index in [1.165, 1.54) is 12.1 Å². The first-order valence-electron chi connectivity index (χ1n) is 6.39. The molecule has 0 aliphatic heterocycles. The number of benzene rings is 2. The summed E-state index contributed by atoms with van der Waals surface area (Å²) in [5, 5.41) is 9.61. The normalized spacial score (nSPS) is 10.1. The van der Waals surface area contributed by atoms with Crippen LogP contribution in [0, 0.1) is 0 Å². The van der Waals surface area contributed by atoms with Crippen molar-refractivity contribution in [3.63, 3.8) is 0 Å². The van der Waals surface area contributed by atoms with Crippen LogP contribution >= 0.6 is 0 Å². The van der Waals surface area contributed by atoms with Crippen molar-refractivity contribution in [2.75, 3.05) is 0 Å². The highest BCUT2D eigenvalue weighted by Crippen LogP contribution is 2.27. The maximum atomic E-state index is 11.2. The number of phenols is 1. The standard InChI is InChI=1S/C16H16O4/c1-2-16(18)20-15-9-13(17)8-14(10-15)19-11-12-6-4-3-5-7-12/h3-10,17H,2,11H2,1H3. The molecule has 0 unspecified atom stereocenters. The van der Waals surface area contributed by atoms with Gasteiger partial charge in [0.25, 0.3) is 0 Å². The molecule has 0 aliphatic rings. The Labute approximate surface area is 117 Å². The second-order valence-electron chi connectivity index (χ2n) is 4.26. The predicted octanol–water partition coefficient (Wildman–Crippen LogP) is 3.29. The minimum Gasteiger partial charge on any atom is -0.508 e. The minimum atomic E-state index is -0.357. The first-order chi connectivity index (χ1) is 9.67. The second-order valence-corrected chi connectivity index (χ2v) is 4.26. The molecule has 0 amide bonds. The third kappa shape index (κ3) is 4.02. The van der Waals surface area contributed by atoms with Gasteiger partial charge in [0.1, 0.15) is 23.9 Å². The van der Waals surface area contributed by atoms with Crippen molar-refractivity contribution < 1.29 is 19.4 Å². The molecule has 0 saturated heterocycles. The first kappa shape index (κ1) is 13.9. The number of rotatable bonds is 5. The Kier molecular flexibility index (Phi) is 4.60. The molecule has 2 aromatic carbocycles. The predicted molar refractivity (Wildman–Crippen MR) is 74.8 cm³/mol. The van der Waals surface area contributed by atoms with Crippen molar-refractivity contribution in [3.8, 4) is 17.2 Å². The molecule has 20 heavy (non-hydrogen) atoms. The van der Waals surface area contributed by atoms with E-state index in [2.05, 4.69) is 0 Å². The van der Waals surface area contributed by atoms with Gasteiger partial charge < -0.3 is 14.6 Å². The van der Waals surface area contributed by atoms with E-state index in [9.17, 15) is 9.90 Å². The second kappa shape index (κ2) is 6.61. The van der Waals surface area contributed by atoms with Crippen LogP contribution in [0.2, 0.25) is 0 Å². The number of hydrogen-bond donors (Lipinski definition) is 1. The van der Waals surface area contributed by atoms with Crippen LogP contribution in [0.1, 0.15) is 18.9 Å². The van der Waals surface area contributed by atoms with Gasteiger partial charge >= 0.3 is 5.97 Å². The van der Waals surface area contributed by atoms with Gasteiger partial charge in [-0.15, -0.1) is 0 Å². The van der Waals surface area contributed by atoms with Crippen molar-refractivity contribution in [2.45, 2.75) is 20.0 Å². The summed E-state index contributed by atoms with van der Waals surface area (Å²) in [5.41, 5.74) is 1.02. The summed E-state index contributed by atoms with van der Waals surface area (Å²) in [5.74, 6) is 0.367. The van der Waals surface area contributed by atoms with Gasteiger partial charge in [-0.2, -0.15) is 0 Å². The summed E-state index contributed by atoms with van der Waals surface area (Å²) in [6.45, 7) is 2.09. The zero-order valence-corrected chi connectivity index (χ0v) is 11.2. The molecule has 0 aliphatic carbocycles. The maximum absolute atomic E-state index is 11.2. The fraction of sp³-hybridized carbons (Fsp3) is 0.188. The number of hydrogen-bond acceptors (Lipinski definition) is 4. The molecule has 0 bridgehead atoms. The van der Waals surface area contributed by atoms with Crippen LogP contribution in [0.4, 0.5) is 0 Å². The lowest BCUT2D eigenvalue weighted by Crippen LogP contribution is -2.05. The van der Waals surface area contributed by atoms with Gasteiger partial charge in [-0.25, -0.2) is 0 Å². The summed E-state index contributed by atoms with van der Waals surface area (Å²) in [6, 6.07) is 14.1. The van der Waals surface area contributed by atoms with Crippen molar-refractivity contribution in [1.29, 1.82) is 0 Å². The highest BCUT2D eigenvalue weighted by atomic mass is 16.5. The highest BCUT2D eigenvalue weighted by Gasteiger charge is 2.06. The Balaban J connectivity index is 2.06. The van der Waals surface area contributed by atoms with Gasteiger partial charge in [-0.3, -0.25) is 4.79 Å². The molecule has 4 heteroatoms. The molecule has 0 radical (unpaired) electrons. The van der Waals surface area contributed by atoms with E-state index in [1.807, 2.05) is 30.3 Å². The number of aromatic hydroxyl groups is 1. The van der Waals surface area contributed by atoms with Crippen LogP contribution in [-0.4, -0.2) is 11.1 Å². The number of ether oxygens (including phenoxy) is 2. The van der Waals surface area contributed by atoms with Gasteiger partial charge in [-0.05, 0) is 5.56 Å². The Morgan fingerprint density at radius 2 is 1.80 bits per heavy atom. The Morgan fingerprint density at radius 1 is 1.10 bits per heavy atom. The van der Waals surface area contributed by atoms with Crippen molar-refractivity contribution in [1.82, 2.24) is 0 Å². The molecule has 0 heterocycles. The molecule has 0 saturated carbocycles. The number of carbonyl (C=O) groups excluding carboxylic acids is 1. The first-order valence-corrected chi connectivity index (χ1v) is 6.39. The molecular formula is C16H16O4. The molecule has 4 nitrogen and oxygen atoms in total. The molecule has 2 aromatic rings. The van der Waals surface area contributed by atoms with Gasteiger partial charge in [0, 0.05) is 24.6 Å². The van der Waals surface area contributed by atoms with Crippen molar-refractivity contribution >= 4 is 5.97 Å². The van der Waals surface area contributed by atoms with E-state index in [1.54, 1.807) is 13.0 Å². The lowest BCUT2D eigenvalue weighted by atomic mass is 10.2. The summed E-state index contributed by atoms with van der Waals surface area (Å²) in [7, 11) is 0. The fourth-order valence-electron chi connectivity index (χ4n) is 1.64. The minimum absolute atomic E-state index is 0.00513. The summed E-state index contributed by atoms with van der Waals surface area (Å²) in [6.07, 6.45) is 0.274. The van der Waals surface area contributed by atoms with Crippen LogP contribution in [0.5, 0.6) is 17.2 Å². The third-order valence-electron chi connectivity index (χ3n) is 2.63. The molecular weight excluding hydrogens is 256 g/mol. The quantitative estimate of drug-likeness (QED) is 0.670. The number of carbonyl (C=O) groups is 1. The molecule has 104 valence electrons. The van der Waals surface area contributed by atoms with E-state index in [0.29, 0.717) is 12.4 Å². The van der Waals surface area contributed by atoms with E-state index in [0.717, 1.165) is 5.56 Å². The van der Waals surface area contributed by atoms with Crippen LogP contribution in [0.3, 0.4) is 0 Å². The smallest absolute Gasteiger partial charge is 0.310 e. The van der Waals surface area contributed by atoms with Crippen LogP contribution in [0.15, 0.2) is 48.5 Å². The van der Waals surface area contributed by atoms with Gasteiger partial charge in [0.15, 0.2) is 0 Å². The Hall–Kier alpha value is -2.49. The molecule has 1 N–H and O–H groups in total. The molecule has 0 spiro atoms. The zero-order chi connectivity index (χ0) is 14.4. The third-order valence-corrected chi connectivity index (χ3v) is 2.63. The maximum Gasteiger partial charge on any atom is 0.310 e. The summed E-state index contributed by atoms with van der Waals surface area (Å²) >= 11 is 0. The molecule has 0 fully saturated rings. The van der Waals surface area contributed by atoms with Crippen molar-refractivity contribution in [2.24, 2.45) is 0 Å². The molecule has 0 aromatic heterocycles. The fourth-order valence-corrected chi connectivity index (χ4v) is 1.64. The summed E-state index contributed by atoms with van der Waals surface area (Å²) < 4.78 is 10.6. The average molecular weight is 272 g/mol. The van der Waals surface area contributed by atoms with Gasteiger partial charge in [0.05, 0.1) is 0 Å². The highest BCUT2D eigenvalue weighted by molar-refractivity contribution is 5.72. The summed E-state index contributed by atoms with van der Waals surface area (Å²) in [4.78, 5) is 11.2. The van der Waals surface area contributed by atoms with Crippen LogP contribution in [0.25, 0.3) is 0 Å². The lowest BCUT2D eigenvalue weighted by molar-refractivity contribution is -0.134.